The summed E-state index contributed by atoms with van der Waals surface area (Å²) < 4.78 is 13.5. The lowest BCUT2D eigenvalue weighted by Crippen LogP contribution is -2.16. The third kappa shape index (κ3) is 3.19. The number of rotatable bonds is 3. The van der Waals surface area contributed by atoms with Crippen LogP contribution in [0.1, 0.15) is 25.7 Å². The lowest BCUT2D eigenvalue weighted by molar-refractivity contribution is 0.103. The van der Waals surface area contributed by atoms with Crippen LogP contribution in [0.3, 0.4) is 0 Å². The molecule has 0 radical (unpaired) electrons. The molecule has 0 fully saturated rings. The van der Waals surface area contributed by atoms with E-state index < -0.39 is 5.82 Å². The molecule has 21 heavy (non-hydrogen) atoms. The summed E-state index contributed by atoms with van der Waals surface area (Å²) in [4.78, 5) is 13.7. The molecule has 0 unspecified atom stereocenters. The number of aryl methyl sites for hydroxylation is 2. The second-order valence-corrected chi connectivity index (χ2v) is 5.74. The SMILES string of the molecule is Cc1cc(C(=O)Nc2ccc(F)c(C(N)=NO)c2)sc1C. The first kappa shape index (κ1) is 15.0. The summed E-state index contributed by atoms with van der Waals surface area (Å²) in [5.74, 6) is -1.27. The number of amides is 1. The van der Waals surface area contributed by atoms with Gasteiger partial charge in [-0.15, -0.1) is 11.3 Å². The number of carbonyl (C=O) groups is 1. The van der Waals surface area contributed by atoms with Crippen LogP contribution in [-0.4, -0.2) is 17.0 Å². The topological polar surface area (TPSA) is 87.7 Å². The number of oxime groups is 1. The van der Waals surface area contributed by atoms with Gasteiger partial charge in [-0.25, -0.2) is 4.39 Å². The van der Waals surface area contributed by atoms with Crippen molar-refractivity contribution >= 4 is 28.8 Å². The number of hydrogen-bond acceptors (Lipinski definition) is 4. The number of anilines is 1. The third-order valence-corrected chi connectivity index (χ3v) is 4.15. The Morgan fingerprint density at radius 2 is 2.10 bits per heavy atom. The molecule has 0 bridgehead atoms. The van der Waals surface area contributed by atoms with Crippen molar-refractivity contribution in [1.29, 1.82) is 0 Å². The fourth-order valence-electron chi connectivity index (χ4n) is 1.73. The number of nitrogens with zero attached hydrogens (tertiary/aromatic N) is 1. The van der Waals surface area contributed by atoms with E-state index in [4.69, 9.17) is 10.9 Å². The lowest BCUT2D eigenvalue weighted by Gasteiger charge is -2.07. The van der Waals surface area contributed by atoms with E-state index in [9.17, 15) is 9.18 Å². The number of thiophene rings is 1. The van der Waals surface area contributed by atoms with Gasteiger partial charge in [-0.3, -0.25) is 4.79 Å². The molecule has 2 rings (SSSR count). The molecule has 0 atom stereocenters. The van der Waals surface area contributed by atoms with E-state index in [0.29, 0.717) is 10.6 Å². The summed E-state index contributed by atoms with van der Waals surface area (Å²) in [7, 11) is 0. The van der Waals surface area contributed by atoms with Crippen molar-refractivity contribution in [2.24, 2.45) is 10.9 Å². The summed E-state index contributed by atoms with van der Waals surface area (Å²) in [5.41, 5.74) is 6.71. The molecule has 4 N–H and O–H groups in total. The van der Waals surface area contributed by atoms with E-state index in [1.165, 1.54) is 23.5 Å². The minimum Gasteiger partial charge on any atom is -0.409 e. The molecule has 0 aliphatic carbocycles. The maximum atomic E-state index is 13.5. The van der Waals surface area contributed by atoms with Crippen molar-refractivity contribution in [2.45, 2.75) is 13.8 Å². The number of nitrogens with two attached hydrogens (primary N) is 1. The normalized spacial score (nSPS) is 11.5. The third-order valence-electron chi connectivity index (χ3n) is 3.00. The lowest BCUT2D eigenvalue weighted by atomic mass is 10.1. The molecule has 0 aliphatic heterocycles. The van der Waals surface area contributed by atoms with Gasteiger partial charge in [0.25, 0.3) is 5.91 Å². The molecule has 0 aliphatic rings. The van der Waals surface area contributed by atoms with Crippen molar-refractivity contribution in [3.8, 4) is 0 Å². The van der Waals surface area contributed by atoms with Crippen LogP contribution in [0.25, 0.3) is 0 Å². The number of halogens is 1. The highest BCUT2D eigenvalue weighted by Gasteiger charge is 2.13. The molecule has 5 nitrogen and oxygen atoms in total. The van der Waals surface area contributed by atoms with Crippen molar-refractivity contribution < 1.29 is 14.4 Å². The molecule has 0 spiro atoms. The van der Waals surface area contributed by atoms with Gasteiger partial charge in [0, 0.05) is 10.6 Å². The maximum Gasteiger partial charge on any atom is 0.265 e. The first-order valence-electron chi connectivity index (χ1n) is 6.08. The highest BCUT2D eigenvalue weighted by Crippen LogP contribution is 2.22. The van der Waals surface area contributed by atoms with Gasteiger partial charge < -0.3 is 16.3 Å². The molecule has 110 valence electrons. The van der Waals surface area contributed by atoms with Gasteiger partial charge in [-0.2, -0.15) is 0 Å². The molecule has 7 heteroatoms. The van der Waals surface area contributed by atoms with Gasteiger partial charge in [0.2, 0.25) is 0 Å². The van der Waals surface area contributed by atoms with Crippen LogP contribution in [0, 0.1) is 19.7 Å². The molecule has 2 aromatic rings. The zero-order valence-electron chi connectivity index (χ0n) is 11.5. The number of nitrogens with one attached hydrogen (secondary N) is 1. The Kier molecular flexibility index (Phi) is 4.23. The first-order valence-corrected chi connectivity index (χ1v) is 6.90. The van der Waals surface area contributed by atoms with Crippen molar-refractivity contribution in [3.05, 3.63) is 51.0 Å². The van der Waals surface area contributed by atoms with Crippen LogP contribution in [-0.2, 0) is 0 Å². The van der Waals surface area contributed by atoms with Crippen molar-refractivity contribution in [3.63, 3.8) is 0 Å². The minimum atomic E-state index is -0.633. The van der Waals surface area contributed by atoms with Crippen LogP contribution < -0.4 is 11.1 Å². The van der Waals surface area contributed by atoms with Crippen LogP contribution in [0.4, 0.5) is 10.1 Å². The fourth-order valence-corrected chi connectivity index (χ4v) is 2.66. The molecule has 1 amide bonds. The predicted octanol–water partition coefficient (Wildman–Crippen LogP) is 2.85. The summed E-state index contributed by atoms with van der Waals surface area (Å²) >= 11 is 1.39. The van der Waals surface area contributed by atoms with Crippen molar-refractivity contribution in [2.75, 3.05) is 5.32 Å². The van der Waals surface area contributed by atoms with Crippen LogP contribution in [0.5, 0.6) is 0 Å². The van der Waals surface area contributed by atoms with Crippen LogP contribution >= 0.6 is 11.3 Å². The van der Waals surface area contributed by atoms with Crippen molar-refractivity contribution in [1.82, 2.24) is 0 Å². The second-order valence-electron chi connectivity index (χ2n) is 4.48. The Labute approximate surface area is 124 Å². The Morgan fingerprint density at radius 1 is 1.38 bits per heavy atom. The smallest absolute Gasteiger partial charge is 0.265 e. The number of benzene rings is 1. The van der Waals surface area contributed by atoms with E-state index in [0.717, 1.165) is 16.5 Å². The average Bonchev–Trinajstić information content (AvgIpc) is 2.80. The summed E-state index contributed by atoms with van der Waals surface area (Å²) in [6.45, 7) is 3.86. The van der Waals surface area contributed by atoms with Gasteiger partial charge in [0.1, 0.15) is 5.82 Å². The summed E-state index contributed by atoms with van der Waals surface area (Å²) in [6.07, 6.45) is 0. The van der Waals surface area contributed by atoms with Crippen LogP contribution in [0.2, 0.25) is 0 Å². The largest absolute Gasteiger partial charge is 0.409 e. The highest BCUT2D eigenvalue weighted by atomic mass is 32.1. The van der Waals surface area contributed by atoms with E-state index in [1.54, 1.807) is 6.07 Å². The van der Waals surface area contributed by atoms with Gasteiger partial charge in [0.05, 0.1) is 10.4 Å². The molecule has 0 saturated carbocycles. The summed E-state index contributed by atoms with van der Waals surface area (Å²) in [6, 6.07) is 5.67. The standard InChI is InChI=1S/C14H14FN3O2S/c1-7-5-12(21-8(7)2)14(19)17-9-3-4-11(15)10(6-9)13(16)18-20/h3-6,20H,1-2H3,(H2,16,18)(H,17,19). The molecule has 1 heterocycles. The van der Waals surface area contributed by atoms with E-state index in [-0.39, 0.29) is 17.3 Å². The first-order chi connectivity index (χ1) is 9.92. The molecule has 1 aromatic heterocycles. The predicted molar refractivity (Wildman–Crippen MR) is 80.7 cm³/mol. The van der Waals surface area contributed by atoms with Gasteiger partial charge >= 0.3 is 0 Å². The van der Waals surface area contributed by atoms with Crippen LogP contribution in [0.15, 0.2) is 29.4 Å². The molecular weight excluding hydrogens is 293 g/mol. The Bertz CT molecular complexity index is 706. The maximum absolute atomic E-state index is 13.5. The van der Waals surface area contributed by atoms with Gasteiger partial charge in [-0.05, 0) is 43.7 Å². The second kappa shape index (κ2) is 5.92. The average molecular weight is 307 g/mol. The number of carbonyl (C=O) groups excluding carboxylic acids is 1. The van der Waals surface area contributed by atoms with Gasteiger partial charge in [-0.1, -0.05) is 5.16 Å². The molecular formula is C14H14FN3O2S. The fraction of sp³-hybridized carbons (Fsp3) is 0.143. The zero-order chi connectivity index (χ0) is 15.6. The summed E-state index contributed by atoms with van der Waals surface area (Å²) in [5, 5.41) is 14.0. The Hall–Kier alpha value is -2.41. The number of hydrogen-bond donors (Lipinski definition) is 3. The van der Waals surface area contributed by atoms with Gasteiger partial charge in [0.15, 0.2) is 5.84 Å². The van der Waals surface area contributed by atoms with E-state index >= 15 is 0 Å². The molecule has 0 saturated heterocycles. The minimum absolute atomic E-state index is 0.0751. The monoisotopic (exact) mass is 307 g/mol. The molecule has 1 aromatic carbocycles. The van der Waals surface area contributed by atoms with E-state index in [2.05, 4.69) is 10.5 Å². The quantitative estimate of drug-likeness (QED) is 0.352. The Morgan fingerprint density at radius 3 is 2.67 bits per heavy atom. The van der Waals surface area contributed by atoms with E-state index in [1.807, 2.05) is 13.8 Å². The number of amidine groups is 1. The highest BCUT2D eigenvalue weighted by molar-refractivity contribution is 7.14. The zero-order valence-corrected chi connectivity index (χ0v) is 12.3. The Balaban J connectivity index is 2.25.